The van der Waals surface area contributed by atoms with Gasteiger partial charge in [-0.3, -0.25) is 4.79 Å². The summed E-state index contributed by atoms with van der Waals surface area (Å²) < 4.78 is 5.83. The molecule has 0 fully saturated rings. The second-order valence-electron chi connectivity index (χ2n) is 8.45. The van der Waals surface area contributed by atoms with Crippen LogP contribution in [0.5, 0.6) is 5.88 Å². The Morgan fingerprint density at radius 1 is 1.08 bits per heavy atom. The Bertz CT molecular complexity index is 1470. The number of carbonyl (C=O) groups is 2. The van der Waals surface area contributed by atoms with Crippen LogP contribution in [0.4, 0.5) is 0 Å². The third-order valence-corrected chi connectivity index (χ3v) is 6.36. The lowest BCUT2D eigenvalue weighted by Gasteiger charge is -2.16. The summed E-state index contributed by atoms with van der Waals surface area (Å²) in [5.74, 6) is -1.18. The maximum atomic E-state index is 12.9. The number of ether oxygens (including phenoxy) is 1. The number of hydrogen-bond acceptors (Lipinski definition) is 5. The molecule has 0 aliphatic heterocycles. The van der Waals surface area contributed by atoms with E-state index in [0.717, 1.165) is 11.1 Å². The molecule has 9 heteroatoms. The van der Waals surface area contributed by atoms with Crippen LogP contribution in [0.3, 0.4) is 0 Å². The lowest BCUT2D eigenvalue weighted by molar-refractivity contribution is -0.118. The number of nitrogens with one attached hydrogen (secondary N) is 1. The first-order chi connectivity index (χ1) is 17.2. The first-order valence-corrected chi connectivity index (χ1v) is 11.8. The number of nitrogens with two attached hydrogens (primary N) is 1. The number of carboxylic acid groups (broad SMARTS) is 1. The molecule has 184 valence electrons. The predicted molar refractivity (Wildman–Crippen MR) is 141 cm³/mol. The van der Waals surface area contributed by atoms with Gasteiger partial charge in [0, 0.05) is 46.4 Å². The van der Waals surface area contributed by atoms with E-state index in [1.165, 1.54) is 6.20 Å². The van der Waals surface area contributed by atoms with Gasteiger partial charge >= 0.3 is 5.97 Å². The SMILES string of the molecule is CC(C)C(=O)/C(COc1ccc(-c2ccc3c(C(=O)O)c[nH]c3c2)cn1)=C(\N)c1c(Cl)cccc1Cl. The second kappa shape index (κ2) is 10.4. The number of aromatic nitrogens is 2. The molecule has 4 aromatic rings. The van der Waals surface area contributed by atoms with E-state index in [9.17, 15) is 14.7 Å². The quantitative estimate of drug-likeness (QED) is 0.236. The van der Waals surface area contributed by atoms with Gasteiger partial charge in [-0.15, -0.1) is 0 Å². The van der Waals surface area contributed by atoms with Crippen molar-refractivity contribution in [1.82, 2.24) is 9.97 Å². The van der Waals surface area contributed by atoms with E-state index < -0.39 is 5.97 Å². The fraction of sp³-hybridized carbons (Fsp3) is 0.148. The lowest BCUT2D eigenvalue weighted by atomic mass is 9.97. The summed E-state index contributed by atoms with van der Waals surface area (Å²) in [6.07, 6.45) is 3.11. The Labute approximate surface area is 217 Å². The minimum absolute atomic E-state index is 0.108. The molecule has 0 spiro atoms. The Kier molecular flexibility index (Phi) is 7.33. The normalized spacial score (nSPS) is 12.0. The smallest absolute Gasteiger partial charge is 0.337 e. The topological polar surface area (TPSA) is 118 Å². The van der Waals surface area contributed by atoms with E-state index in [1.807, 2.05) is 18.2 Å². The molecule has 0 saturated carbocycles. The molecule has 0 bridgehead atoms. The van der Waals surface area contributed by atoms with Crippen molar-refractivity contribution in [3.05, 3.63) is 87.7 Å². The van der Waals surface area contributed by atoms with Crippen molar-refractivity contribution < 1.29 is 19.4 Å². The highest BCUT2D eigenvalue weighted by molar-refractivity contribution is 6.37. The van der Waals surface area contributed by atoms with Crippen LogP contribution in [0, 0.1) is 5.92 Å². The number of fused-ring (bicyclic) bond motifs is 1. The molecule has 7 nitrogen and oxygen atoms in total. The average molecular weight is 524 g/mol. The third kappa shape index (κ3) is 5.08. The Morgan fingerprint density at radius 2 is 1.78 bits per heavy atom. The number of hydrogen-bond donors (Lipinski definition) is 3. The van der Waals surface area contributed by atoms with Gasteiger partial charge in [-0.1, -0.05) is 55.2 Å². The summed E-state index contributed by atoms with van der Waals surface area (Å²) in [5, 5.41) is 10.6. The first kappa shape index (κ1) is 25.3. The van der Waals surface area contributed by atoms with Crippen molar-refractivity contribution in [3.63, 3.8) is 0 Å². The van der Waals surface area contributed by atoms with Gasteiger partial charge in [0.05, 0.1) is 26.9 Å². The fourth-order valence-electron chi connectivity index (χ4n) is 3.80. The summed E-state index contributed by atoms with van der Waals surface area (Å²) in [6, 6.07) is 14.0. The summed E-state index contributed by atoms with van der Waals surface area (Å²) in [7, 11) is 0. The largest absolute Gasteiger partial charge is 0.478 e. The molecule has 0 amide bonds. The van der Waals surface area contributed by atoms with E-state index in [2.05, 4.69) is 9.97 Å². The van der Waals surface area contributed by atoms with E-state index in [1.54, 1.807) is 50.4 Å². The van der Waals surface area contributed by atoms with Gasteiger partial charge in [0.1, 0.15) is 6.61 Å². The van der Waals surface area contributed by atoms with Crippen LogP contribution in [-0.4, -0.2) is 33.4 Å². The number of aromatic carboxylic acids is 1. The maximum absolute atomic E-state index is 12.9. The molecular formula is C27H23Cl2N3O4. The van der Waals surface area contributed by atoms with Crippen LogP contribution < -0.4 is 10.5 Å². The molecule has 2 aromatic heterocycles. The highest BCUT2D eigenvalue weighted by Crippen LogP contribution is 2.31. The van der Waals surface area contributed by atoms with Crippen molar-refractivity contribution in [2.24, 2.45) is 11.7 Å². The van der Waals surface area contributed by atoms with Crippen molar-refractivity contribution in [2.45, 2.75) is 13.8 Å². The number of aromatic amines is 1. The Balaban J connectivity index is 1.58. The van der Waals surface area contributed by atoms with E-state index in [0.29, 0.717) is 32.4 Å². The summed E-state index contributed by atoms with van der Waals surface area (Å²) >= 11 is 12.6. The fourth-order valence-corrected chi connectivity index (χ4v) is 4.40. The van der Waals surface area contributed by atoms with Gasteiger partial charge in [0.15, 0.2) is 5.78 Å². The van der Waals surface area contributed by atoms with Crippen molar-refractivity contribution in [1.29, 1.82) is 0 Å². The molecule has 4 N–H and O–H groups in total. The highest BCUT2D eigenvalue weighted by Gasteiger charge is 2.22. The van der Waals surface area contributed by atoms with E-state index in [4.69, 9.17) is 33.7 Å². The Morgan fingerprint density at radius 3 is 2.39 bits per heavy atom. The molecular weight excluding hydrogens is 501 g/mol. The molecule has 0 unspecified atom stereocenters. The van der Waals surface area contributed by atoms with Crippen LogP contribution in [0.2, 0.25) is 10.0 Å². The van der Waals surface area contributed by atoms with Crippen LogP contribution in [0.15, 0.2) is 66.5 Å². The molecule has 36 heavy (non-hydrogen) atoms. The maximum Gasteiger partial charge on any atom is 0.337 e. The zero-order valence-electron chi connectivity index (χ0n) is 19.5. The minimum Gasteiger partial charge on any atom is -0.478 e. The minimum atomic E-state index is -0.987. The second-order valence-corrected chi connectivity index (χ2v) is 9.26. The summed E-state index contributed by atoms with van der Waals surface area (Å²) in [5.41, 5.74) is 9.77. The molecule has 0 atom stereocenters. The third-order valence-electron chi connectivity index (χ3n) is 5.73. The zero-order valence-corrected chi connectivity index (χ0v) is 21.0. The number of ketones is 1. The van der Waals surface area contributed by atoms with Gasteiger partial charge in [-0.2, -0.15) is 0 Å². The number of Topliss-reactive ketones (excluding diaryl/α,β-unsaturated/α-hetero) is 1. The van der Waals surface area contributed by atoms with Crippen molar-refractivity contribution in [2.75, 3.05) is 6.61 Å². The zero-order chi connectivity index (χ0) is 26.0. The van der Waals surface area contributed by atoms with Gasteiger partial charge < -0.3 is 20.6 Å². The van der Waals surface area contributed by atoms with E-state index >= 15 is 0 Å². The monoisotopic (exact) mass is 523 g/mol. The molecule has 0 aliphatic carbocycles. The van der Waals surface area contributed by atoms with Gasteiger partial charge in [0.25, 0.3) is 0 Å². The van der Waals surface area contributed by atoms with Crippen molar-refractivity contribution >= 4 is 51.6 Å². The average Bonchev–Trinajstić information content (AvgIpc) is 3.28. The molecule has 4 rings (SSSR count). The molecule has 0 radical (unpaired) electrons. The molecule has 2 aromatic carbocycles. The van der Waals surface area contributed by atoms with Crippen LogP contribution >= 0.6 is 23.2 Å². The summed E-state index contributed by atoms with van der Waals surface area (Å²) in [6.45, 7) is 3.44. The lowest BCUT2D eigenvalue weighted by Crippen LogP contribution is -2.21. The number of rotatable bonds is 8. The molecule has 0 aliphatic rings. The predicted octanol–water partition coefficient (Wildman–Crippen LogP) is 6.21. The number of halogens is 2. The number of carbonyl (C=O) groups excluding carboxylic acids is 1. The highest BCUT2D eigenvalue weighted by atomic mass is 35.5. The van der Waals surface area contributed by atoms with Crippen molar-refractivity contribution in [3.8, 4) is 17.0 Å². The number of benzene rings is 2. The Hall–Kier alpha value is -3.81. The number of nitrogens with zero attached hydrogens (tertiary/aromatic N) is 1. The number of pyridine rings is 1. The molecule has 2 heterocycles. The van der Waals surface area contributed by atoms with Crippen LogP contribution in [-0.2, 0) is 4.79 Å². The van der Waals surface area contributed by atoms with Gasteiger partial charge in [-0.05, 0) is 29.8 Å². The van der Waals surface area contributed by atoms with E-state index in [-0.39, 0.29) is 35.1 Å². The standard InChI is InChI=1S/C27H23Cl2N3O4/c1-14(2)26(33)19(25(30)24-20(28)4-3-5-21(24)29)13-36-23-9-7-16(11-32-23)15-6-8-17-18(27(34)35)12-31-22(17)10-15/h3-12,14,31H,13,30H2,1-2H3,(H,34,35)/b25-19-. The molecule has 0 saturated heterocycles. The summed E-state index contributed by atoms with van der Waals surface area (Å²) in [4.78, 5) is 31.6. The van der Waals surface area contributed by atoms with Crippen LogP contribution in [0.25, 0.3) is 27.7 Å². The van der Waals surface area contributed by atoms with Gasteiger partial charge in [0.2, 0.25) is 5.88 Å². The number of carboxylic acids is 1. The van der Waals surface area contributed by atoms with Crippen LogP contribution in [0.1, 0.15) is 29.8 Å². The number of H-pyrrole nitrogens is 1. The van der Waals surface area contributed by atoms with Gasteiger partial charge in [-0.25, -0.2) is 9.78 Å². The first-order valence-electron chi connectivity index (χ1n) is 11.1.